The molecule has 1 N–H and O–H groups in total. The predicted octanol–water partition coefficient (Wildman–Crippen LogP) is 1.44. The van der Waals surface area contributed by atoms with Gasteiger partial charge >= 0.3 is 5.97 Å². The Kier molecular flexibility index (Phi) is 6.62. The smallest absolute Gasteiger partial charge is 0.309 e. The van der Waals surface area contributed by atoms with Crippen LogP contribution in [0.1, 0.15) is 35.4 Å². The van der Waals surface area contributed by atoms with Crippen LogP contribution in [0.25, 0.3) is 0 Å². The lowest BCUT2D eigenvalue weighted by atomic mass is 9.97. The normalized spacial score (nSPS) is 20.8. The molecule has 0 bridgehead atoms. The van der Waals surface area contributed by atoms with Crippen LogP contribution in [0.3, 0.4) is 0 Å². The highest BCUT2D eigenvalue weighted by Gasteiger charge is 2.29. The molecule has 1 aromatic heterocycles. The van der Waals surface area contributed by atoms with Crippen LogP contribution < -0.4 is 5.32 Å². The highest BCUT2D eigenvalue weighted by molar-refractivity contribution is 7.12. The van der Waals surface area contributed by atoms with Crippen LogP contribution in [0.15, 0.2) is 17.5 Å². The fourth-order valence-corrected chi connectivity index (χ4v) is 3.90. The number of carbonyl (C=O) groups excluding carboxylic acids is 3. The van der Waals surface area contributed by atoms with Crippen molar-refractivity contribution in [1.29, 1.82) is 0 Å². The van der Waals surface area contributed by atoms with Gasteiger partial charge in [-0.15, -0.1) is 11.3 Å². The van der Waals surface area contributed by atoms with Crippen LogP contribution in [0.5, 0.6) is 0 Å². The van der Waals surface area contributed by atoms with E-state index in [4.69, 9.17) is 9.47 Å². The summed E-state index contributed by atoms with van der Waals surface area (Å²) < 4.78 is 10.6. The number of esters is 1. The topological polar surface area (TPSA) is 84.9 Å². The van der Waals surface area contributed by atoms with Crippen LogP contribution in [0.2, 0.25) is 0 Å². The van der Waals surface area contributed by atoms with E-state index in [1.165, 1.54) is 11.3 Å². The first-order chi connectivity index (χ1) is 12.6. The standard InChI is InChI=1S/C18H24N2O5S/c21-16(19-11-14-3-1-9-24-14)12-25-18(23)13-5-7-20(8-6-13)17(22)15-4-2-10-26-15/h2,4,10,13-14H,1,3,5-9,11-12H2,(H,19,21)/t14-/m1/s1. The maximum absolute atomic E-state index is 12.3. The molecule has 3 rings (SSSR count). The van der Waals surface area contributed by atoms with Gasteiger partial charge in [0.25, 0.3) is 11.8 Å². The molecule has 0 unspecified atom stereocenters. The summed E-state index contributed by atoms with van der Waals surface area (Å²) in [7, 11) is 0. The number of nitrogens with one attached hydrogen (secondary N) is 1. The van der Waals surface area contributed by atoms with Gasteiger partial charge in [0.05, 0.1) is 16.9 Å². The first-order valence-corrected chi connectivity index (χ1v) is 9.89. The summed E-state index contributed by atoms with van der Waals surface area (Å²) in [6.45, 7) is 1.99. The van der Waals surface area contributed by atoms with E-state index in [-0.39, 0.29) is 36.4 Å². The Hall–Kier alpha value is -1.93. The van der Waals surface area contributed by atoms with E-state index >= 15 is 0 Å². The van der Waals surface area contributed by atoms with Crippen molar-refractivity contribution in [3.63, 3.8) is 0 Å². The molecule has 3 heterocycles. The summed E-state index contributed by atoms with van der Waals surface area (Å²) in [6.07, 6.45) is 3.16. The second-order valence-corrected chi connectivity index (χ2v) is 7.54. The van der Waals surface area contributed by atoms with Crippen LogP contribution in [0.4, 0.5) is 0 Å². The molecule has 0 aliphatic carbocycles. The molecule has 2 aliphatic rings. The Balaban J connectivity index is 1.34. The molecule has 142 valence electrons. The van der Waals surface area contributed by atoms with Gasteiger partial charge in [0.2, 0.25) is 0 Å². The zero-order valence-electron chi connectivity index (χ0n) is 14.6. The quantitative estimate of drug-likeness (QED) is 0.755. The fraction of sp³-hybridized carbons (Fsp3) is 0.611. The number of thiophene rings is 1. The molecule has 2 saturated heterocycles. The number of nitrogens with zero attached hydrogens (tertiary/aromatic N) is 1. The zero-order chi connectivity index (χ0) is 18.4. The lowest BCUT2D eigenvalue weighted by Crippen LogP contribution is -2.41. The maximum Gasteiger partial charge on any atom is 0.309 e. The molecule has 8 heteroatoms. The van der Waals surface area contributed by atoms with Crippen molar-refractivity contribution in [1.82, 2.24) is 10.2 Å². The van der Waals surface area contributed by atoms with E-state index in [2.05, 4.69) is 5.32 Å². The Morgan fingerprint density at radius 2 is 2.08 bits per heavy atom. The van der Waals surface area contributed by atoms with Gasteiger partial charge in [-0.2, -0.15) is 0 Å². The number of piperidine rings is 1. The van der Waals surface area contributed by atoms with Gasteiger partial charge in [-0.3, -0.25) is 14.4 Å². The largest absolute Gasteiger partial charge is 0.455 e. The van der Waals surface area contributed by atoms with Gasteiger partial charge < -0.3 is 19.7 Å². The number of hydrogen-bond acceptors (Lipinski definition) is 6. The SMILES string of the molecule is O=C(COC(=O)C1CCN(C(=O)c2cccs2)CC1)NC[C@H]1CCCO1. The number of likely N-dealkylation sites (tertiary alicyclic amines) is 1. The lowest BCUT2D eigenvalue weighted by molar-refractivity contribution is -0.153. The minimum absolute atomic E-state index is 0.0142. The Morgan fingerprint density at radius 1 is 1.27 bits per heavy atom. The van der Waals surface area contributed by atoms with Crippen molar-refractivity contribution >= 4 is 29.1 Å². The summed E-state index contributed by atoms with van der Waals surface area (Å²) in [6, 6.07) is 3.66. The second-order valence-electron chi connectivity index (χ2n) is 6.59. The average Bonchev–Trinajstić information content (AvgIpc) is 3.37. The van der Waals surface area contributed by atoms with Gasteiger partial charge in [0, 0.05) is 26.2 Å². The second kappa shape index (κ2) is 9.14. The number of rotatable bonds is 6. The number of hydrogen-bond donors (Lipinski definition) is 1. The van der Waals surface area contributed by atoms with E-state index in [0.29, 0.717) is 37.4 Å². The monoisotopic (exact) mass is 380 g/mol. The maximum atomic E-state index is 12.3. The molecule has 7 nitrogen and oxygen atoms in total. The molecule has 1 aromatic rings. The van der Waals surface area contributed by atoms with Crippen molar-refractivity contribution < 1.29 is 23.9 Å². The molecule has 0 spiro atoms. The highest BCUT2D eigenvalue weighted by atomic mass is 32.1. The minimum Gasteiger partial charge on any atom is -0.455 e. The molecule has 2 fully saturated rings. The predicted molar refractivity (Wildman–Crippen MR) is 95.9 cm³/mol. The van der Waals surface area contributed by atoms with Crippen molar-refractivity contribution in [2.24, 2.45) is 5.92 Å². The molecular formula is C18H24N2O5S. The Morgan fingerprint density at radius 3 is 2.73 bits per heavy atom. The van der Waals surface area contributed by atoms with Crippen molar-refractivity contribution in [2.45, 2.75) is 31.8 Å². The van der Waals surface area contributed by atoms with Gasteiger partial charge in [-0.05, 0) is 37.1 Å². The summed E-state index contributed by atoms with van der Waals surface area (Å²) in [5.74, 6) is -0.909. The summed E-state index contributed by atoms with van der Waals surface area (Å²) in [4.78, 5) is 38.7. The molecule has 0 saturated carbocycles. The van der Waals surface area contributed by atoms with Gasteiger partial charge in [-0.1, -0.05) is 6.07 Å². The first-order valence-electron chi connectivity index (χ1n) is 9.01. The van der Waals surface area contributed by atoms with Gasteiger partial charge in [0.15, 0.2) is 6.61 Å². The van der Waals surface area contributed by atoms with E-state index in [1.807, 2.05) is 17.5 Å². The molecule has 1 atom stereocenters. The van der Waals surface area contributed by atoms with Crippen molar-refractivity contribution in [3.05, 3.63) is 22.4 Å². The highest BCUT2D eigenvalue weighted by Crippen LogP contribution is 2.21. The van der Waals surface area contributed by atoms with E-state index in [0.717, 1.165) is 19.4 Å². The van der Waals surface area contributed by atoms with E-state index < -0.39 is 0 Å². The Bertz CT molecular complexity index is 620. The molecule has 2 aliphatic heterocycles. The summed E-state index contributed by atoms with van der Waals surface area (Å²) in [5.41, 5.74) is 0. The number of amides is 2. The third kappa shape index (κ3) is 5.04. The fourth-order valence-electron chi connectivity index (χ4n) is 3.21. The molecule has 26 heavy (non-hydrogen) atoms. The van der Waals surface area contributed by atoms with Gasteiger partial charge in [0.1, 0.15) is 0 Å². The molecular weight excluding hydrogens is 356 g/mol. The third-order valence-electron chi connectivity index (χ3n) is 4.74. The molecule has 0 radical (unpaired) electrons. The van der Waals surface area contributed by atoms with Crippen LogP contribution in [-0.2, 0) is 19.1 Å². The molecule has 0 aromatic carbocycles. The summed E-state index contributed by atoms with van der Waals surface area (Å²) >= 11 is 1.42. The number of carbonyl (C=O) groups is 3. The van der Waals surface area contributed by atoms with E-state index in [9.17, 15) is 14.4 Å². The molecule has 2 amide bonds. The van der Waals surface area contributed by atoms with Gasteiger partial charge in [-0.25, -0.2) is 0 Å². The number of ether oxygens (including phenoxy) is 2. The zero-order valence-corrected chi connectivity index (χ0v) is 15.5. The minimum atomic E-state index is -0.361. The third-order valence-corrected chi connectivity index (χ3v) is 5.60. The van der Waals surface area contributed by atoms with Crippen LogP contribution in [0, 0.1) is 5.92 Å². The van der Waals surface area contributed by atoms with Crippen LogP contribution >= 0.6 is 11.3 Å². The summed E-state index contributed by atoms with van der Waals surface area (Å²) in [5, 5.41) is 4.60. The Labute approximate surface area is 156 Å². The van der Waals surface area contributed by atoms with Crippen molar-refractivity contribution in [2.75, 3.05) is 32.8 Å². The average molecular weight is 380 g/mol. The van der Waals surface area contributed by atoms with Crippen molar-refractivity contribution in [3.8, 4) is 0 Å². The van der Waals surface area contributed by atoms with Crippen LogP contribution in [-0.4, -0.2) is 61.6 Å². The lowest BCUT2D eigenvalue weighted by Gasteiger charge is -2.30. The first kappa shape index (κ1) is 18.8. The van der Waals surface area contributed by atoms with E-state index in [1.54, 1.807) is 4.90 Å².